The van der Waals surface area contributed by atoms with E-state index >= 15 is 0 Å². The van der Waals surface area contributed by atoms with Crippen molar-refractivity contribution in [3.05, 3.63) is 33.8 Å². The fraction of sp³-hybridized carbons (Fsp3) is 0.677. The number of carboxylic acids is 1. The number of aromatic nitrogens is 1. The molecule has 0 radical (unpaired) electrons. The first-order valence-electron chi connectivity index (χ1n) is 13.7. The summed E-state index contributed by atoms with van der Waals surface area (Å²) in [7, 11) is -1.45. The summed E-state index contributed by atoms with van der Waals surface area (Å²) in [5.74, 6) is 2.84. The molecule has 36 heavy (non-hydrogen) atoms. The van der Waals surface area contributed by atoms with Gasteiger partial charge in [-0.25, -0.2) is 4.98 Å². The Hall–Kier alpha value is -1.64. The Balaban J connectivity index is 2.27. The summed E-state index contributed by atoms with van der Waals surface area (Å²) in [6, 6.07) is 0. The zero-order chi connectivity index (χ0) is 27.2. The van der Waals surface area contributed by atoms with Crippen LogP contribution in [0.3, 0.4) is 0 Å². The second-order valence-corrected chi connectivity index (χ2v) is 18.2. The van der Waals surface area contributed by atoms with E-state index in [1.807, 2.05) is 6.92 Å². The number of thiazole rings is 1. The molecule has 0 spiro atoms. The molecule has 0 amide bonds. The van der Waals surface area contributed by atoms with Gasteiger partial charge in [-0.05, 0) is 69.8 Å². The minimum Gasteiger partial charge on any atom is -0.481 e. The fourth-order valence-electron chi connectivity index (χ4n) is 4.45. The van der Waals surface area contributed by atoms with Crippen molar-refractivity contribution in [2.45, 2.75) is 118 Å². The molecular weight excluding hydrogens is 478 g/mol. The van der Waals surface area contributed by atoms with Crippen LogP contribution in [0.1, 0.15) is 103 Å². The Morgan fingerprint density at radius 2 is 1.92 bits per heavy atom. The van der Waals surface area contributed by atoms with E-state index in [-0.39, 0.29) is 11.3 Å². The van der Waals surface area contributed by atoms with Gasteiger partial charge in [-0.1, -0.05) is 77.4 Å². The van der Waals surface area contributed by atoms with Crippen LogP contribution in [0.4, 0.5) is 0 Å². The Kier molecular flexibility index (Phi) is 14.6. The van der Waals surface area contributed by atoms with Crippen LogP contribution in [-0.4, -0.2) is 24.1 Å². The maximum absolute atomic E-state index is 11.8. The molecule has 1 N–H and O–H groups in total. The average molecular weight is 530 g/mol. The molecular formula is C31H51NO2SSi. The first-order chi connectivity index (χ1) is 16.8. The van der Waals surface area contributed by atoms with Crippen LogP contribution < -0.4 is 0 Å². The summed E-state index contributed by atoms with van der Waals surface area (Å²) in [6.45, 7) is 17.7. The molecule has 2 atom stereocenters. The maximum Gasteiger partial charge on any atom is 0.307 e. The molecule has 0 aliphatic carbocycles. The van der Waals surface area contributed by atoms with Gasteiger partial charge in [0.25, 0.3) is 0 Å². The van der Waals surface area contributed by atoms with Crippen LogP contribution in [0, 0.1) is 35.6 Å². The van der Waals surface area contributed by atoms with Crippen molar-refractivity contribution in [3.8, 4) is 11.5 Å². The van der Waals surface area contributed by atoms with Gasteiger partial charge in [0.15, 0.2) is 0 Å². The molecule has 0 aromatic carbocycles. The SMILES string of the molecule is CC(=CCCC=Cc1csc(C)n1)CCCC(C)CCCC(C)(C)CC(CC#C[Si](C)(C)C)C(=O)O. The van der Waals surface area contributed by atoms with E-state index in [1.54, 1.807) is 11.3 Å². The number of carbonyl (C=O) groups is 1. The van der Waals surface area contributed by atoms with Gasteiger partial charge in [0, 0.05) is 11.8 Å². The highest BCUT2D eigenvalue weighted by atomic mass is 32.1. The van der Waals surface area contributed by atoms with Crippen LogP contribution >= 0.6 is 11.3 Å². The summed E-state index contributed by atoms with van der Waals surface area (Å²) in [5, 5.41) is 12.9. The lowest BCUT2D eigenvalue weighted by atomic mass is 9.77. The molecule has 0 fully saturated rings. The van der Waals surface area contributed by atoms with E-state index in [1.165, 1.54) is 37.7 Å². The number of rotatable bonds is 16. The highest BCUT2D eigenvalue weighted by Gasteiger charge is 2.27. The molecule has 5 heteroatoms. The molecule has 1 aromatic rings. The van der Waals surface area contributed by atoms with E-state index in [0.29, 0.717) is 12.8 Å². The van der Waals surface area contributed by atoms with E-state index in [4.69, 9.17) is 0 Å². The quantitative estimate of drug-likeness (QED) is 0.100. The van der Waals surface area contributed by atoms with Crippen LogP contribution in [0.15, 0.2) is 23.1 Å². The largest absolute Gasteiger partial charge is 0.481 e. The van der Waals surface area contributed by atoms with E-state index in [2.05, 4.69) is 87.4 Å². The first-order valence-corrected chi connectivity index (χ1v) is 18.1. The molecule has 2 unspecified atom stereocenters. The molecule has 3 nitrogen and oxygen atoms in total. The summed E-state index contributed by atoms with van der Waals surface area (Å²) in [5.41, 5.74) is 5.93. The van der Waals surface area contributed by atoms with Gasteiger partial charge in [-0.2, -0.15) is 0 Å². The highest BCUT2D eigenvalue weighted by Crippen LogP contribution is 2.33. The zero-order valence-corrected chi connectivity index (χ0v) is 26.1. The summed E-state index contributed by atoms with van der Waals surface area (Å²) < 4.78 is 0. The number of aryl methyl sites for hydroxylation is 1. The Morgan fingerprint density at radius 1 is 1.22 bits per heavy atom. The topological polar surface area (TPSA) is 50.2 Å². The fourth-order valence-corrected chi connectivity index (χ4v) is 5.66. The second-order valence-electron chi connectivity index (χ2n) is 12.4. The van der Waals surface area contributed by atoms with E-state index in [9.17, 15) is 9.90 Å². The summed E-state index contributed by atoms with van der Waals surface area (Å²) >= 11 is 1.70. The highest BCUT2D eigenvalue weighted by molar-refractivity contribution is 7.09. The van der Waals surface area contributed by atoms with Crippen LogP contribution in [0.25, 0.3) is 6.08 Å². The minimum atomic E-state index is -1.45. The zero-order valence-electron chi connectivity index (χ0n) is 24.2. The number of nitrogens with zero attached hydrogens (tertiary/aromatic N) is 1. The smallest absolute Gasteiger partial charge is 0.307 e. The lowest BCUT2D eigenvalue weighted by Crippen LogP contribution is -2.23. The Morgan fingerprint density at radius 3 is 2.53 bits per heavy atom. The monoisotopic (exact) mass is 529 g/mol. The standard InChI is InChI=1S/C31H51NO2SSi/c1-25(15-10-9-11-20-29-24-35-27(3)32-29)16-12-17-26(2)18-13-21-31(4,5)23-28(30(33)34)19-14-22-36(6,7)8/h11,15,20,24,26,28H,9-10,12-13,16-19,21,23H2,1-8H3,(H,33,34). The summed E-state index contributed by atoms with van der Waals surface area (Å²) in [6.07, 6.45) is 17.2. The van der Waals surface area contributed by atoms with Crippen molar-refractivity contribution in [2.24, 2.45) is 17.3 Å². The van der Waals surface area contributed by atoms with Crippen molar-refractivity contribution in [1.82, 2.24) is 4.98 Å². The Bertz CT molecular complexity index is 911. The van der Waals surface area contributed by atoms with Crippen molar-refractivity contribution in [3.63, 3.8) is 0 Å². The molecule has 202 valence electrons. The third-order valence-electron chi connectivity index (χ3n) is 6.53. The number of hydrogen-bond donors (Lipinski definition) is 1. The number of carboxylic acid groups (broad SMARTS) is 1. The number of aliphatic carboxylic acids is 1. The van der Waals surface area contributed by atoms with Crippen molar-refractivity contribution < 1.29 is 9.90 Å². The Labute approximate surface area is 226 Å². The van der Waals surface area contributed by atoms with Crippen LogP contribution in [0.2, 0.25) is 19.6 Å². The number of allylic oxidation sites excluding steroid dienone is 3. The normalized spacial score (nSPS) is 14.5. The number of hydrogen-bond acceptors (Lipinski definition) is 3. The molecule has 1 rings (SSSR count). The lowest BCUT2D eigenvalue weighted by Gasteiger charge is -2.28. The van der Waals surface area contributed by atoms with E-state index in [0.717, 1.165) is 35.9 Å². The van der Waals surface area contributed by atoms with Crippen LogP contribution in [-0.2, 0) is 4.79 Å². The molecule has 0 aliphatic rings. The minimum absolute atomic E-state index is 0.0374. The van der Waals surface area contributed by atoms with Gasteiger partial charge in [-0.3, -0.25) is 4.79 Å². The van der Waals surface area contributed by atoms with Crippen LogP contribution in [0.5, 0.6) is 0 Å². The van der Waals surface area contributed by atoms with Gasteiger partial charge in [0.2, 0.25) is 0 Å². The second kappa shape index (κ2) is 16.3. The average Bonchev–Trinajstić information content (AvgIpc) is 3.16. The third-order valence-corrected chi connectivity index (χ3v) is 8.25. The van der Waals surface area contributed by atoms with Crippen molar-refractivity contribution >= 4 is 31.5 Å². The predicted molar refractivity (Wildman–Crippen MR) is 161 cm³/mol. The molecule has 1 heterocycles. The number of unbranched alkanes of at least 4 members (excludes halogenated alkanes) is 1. The van der Waals surface area contributed by atoms with Gasteiger partial charge >= 0.3 is 5.97 Å². The van der Waals surface area contributed by atoms with Gasteiger partial charge in [0.1, 0.15) is 8.07 Å². The first kappa shape index (κ1) is 32.4. The molecule has 0 saturated carbocycles. The maximum atomic E-state index is 11.8. The molecule has 0 aliphatic heterocycles. The van der Waals surface area contributed by atoms with Gasteiger partial charge in [0.05, 0.1) is 16.6 Å². The lowest BCUT2D eigenvalue weighted by molar-refractivity contribution is -0.142. The third kappa shape index (κ3) is 16.2. The summed E-state index contributed by atoms with van der Waals surface area (Å²) in [4.78, 5) is 16.2. The van der Waals surface area contributed by atoms with Gasteiger partial charge in [-0.15, -0.1) is 22.8 Å². The van der Waals surface area contributed by atoms with E-state index < -0.39 is 14.0 Å². The van der Waals surface area contributed by atoms with Crippen molar-refractivity contribution in [2.75, 3.05) is 0 Å². The van der Waals surface area contributed by atoms with Crippen molar-refractivity contribution in [1.29, 1.82) is 0 Å². The predicted octanol–water partition coefficient (Wildman–Crippen LogP) is 9.56. The molecule has 1 aromatic heterocycles. The molecule has 0 bridgehead atoms. The van der Waals surface area contributed by atoms with Gasteiger partial charge < -0.3 is 5.11 Å². The molecule has 0 saturated heterocycles.